The van der Waals surface area contributed by atoms with E-state index in [0.717, 1.165) is 25.0 Å². The second-order valence-corrected chi connectivity index (χ2v) is 4.96. The van der Waals surface area contributed by atoms with Crippen LogP contribution in [-0.4, -0.2) is 17.1 Å². The fourth-order valence-corrected chi connectivity index (χ4v) is 1.33. The Labute approximate surface area is 114 Å². The van der Waals surface area contributed by atoms with E-state index in [4.69, 9.17) is 11.0 Å². The van der Waals surface area contributed by atoms with Crippen molar-refractivity contribution in [3.8, 4) is 6.07 Å². The molecule has 0 atom stereocenters. The number of nitrogens with two attached hydrogens (primary N) is 1. The fourth-order valence-electron chi connectivity index (χ4n) is 1.33. The van der Waals surface area contributed by atoms with Crippen LogP contribution in [0.15, 0.2) is 12.1 Å². The summed E-state index contributed by atoms with van der Waals surface area (Å²) in [5.41, 5.74) is 4.38. The highest BCUT2D eigenvalue weighted by atomic mass is 19.4. The molecule has 0 amide bonds. The molecule has 2 fully saturated rings. The van der Waals surface area contributed by atoms with Crippen LogP contribution in [0.3, 0.4) is 0 Å². The van der Waals surface area contributed by atoms with Gasteiger partial charge in [0.15, 0.2) is 0 Å². The molecule has 7 heteroatoms. The van der Waals surface area contributed by atoms with E-state index in [9.17, 15) is 13.2 Å². The smallest absolute Gasteiger partial charge is 0.366 e. The van der Waals surface area contributed by atoms with Gasteiger partial charge in [0.05, 0.1) is 5.56 Å². The minimum Gasteiger partial charge on any atom is -0.366 e. The number of nitrogens with one attached hydrogen (secondary N) is 1. The summed E-state index contributed by atoms with van der Waals surface area (Å²) in [6.07, 6.45) is -0.139. The summed E-state index contributed by atoms with van der Waals surface area (Å²) in [6, 6.07) is 4.51. The molecule has 0 unspecified atom stereocenters. The van der Waals surface area contributed by atoms with Crippen LogP contribution >= 0.6 is 0 Å². The monoisotopic (exact) mass is 284 g/mol. The first kappa shape index (κ1) is 14.6. The molecule has 3 N–H and O–H groups in total. The molecule has 0 radical (unpaired) electrons. The van der Waals surface area contributed by atoms with Crippen LogP contribution < -0.4 is 11.1 Å². The van der Waals surface area contributed by atoms with Crippen molar-refractivity contribution >= 4 is 5.82 Å². The lowest BCUT2D eigenvalue weighted by Crippen LogP contribution is -2.12. The summed E-state index contributed by atoms with van der Waals surface area (Å²) < 4.78 is 37.2. The van der Waals surface area contributed by atoms with E-state index in [1.54, 1.807) is 0 Å². The van der Waals surface area contributed by atoms with Crippen molar-refractivity contribution in [2.75, 3.05) is 5.32 Å². The Morgan fingerprint density at radius 3 is 2.25 bits per heavy atom. The molecule has 2 aliphatic carbocycles. The molecular weight excluding hydrogens is 269 g/mol. The number of hydrogen-bond donors (Lipinski definition) is 2. The van der Waals surface area contributed by atoms with Gasteiger partial charge in [-0.25, -0.2) is 4.98 Å². The highest BCUT2D eigenvalue weighted by Crippen LogP contribution is 2.31. The number of aromatic nitrogens is 1. The van der Waals surface area contributed by atoms with Crippen LogP contribution in [0, 0.1) is 11.3 Å². The van der Waals surface area contributed by atoms with Gasteiger partial charge in [0.2, 0.25) is 0 Å². The van der Waals surface area contributed by atoms with Gasteiger partial charge in [0.1, 0.15) is 17.6 Å². The number of hydrogen-bond acceptors (Lipinski definition) is 4. The number of nitriles is 1. The Morgan fingerprint density at radius 1 is 1.25 bits per heavy atom. The van der Waals surface area contributed by atoms with Crippen LogP contribution in [0.4, 0.5) is 19.0 Å². The predicted octanol–water partition coefficient (Wildman–Crippen LogP) is 2.65. The maximum absolute atomic E-state index is 12.4. The second-order valence-electron chi connectivity index (χ2n) is 4.96. The summed E-state index contributed by atoms with van der Waals surface area (Å²) in [6.45, 7) is 0. The first-order valence-corrected chi connectivity index (χ1v) is 6.40. The molecule has 0 aromatic carbocycles. The Hall–Kier alpha value is -1.81. The largest absolute Gasteiger partial charge is 0.433 e. The molecule has 2 saturated carbocycles. The van der Waals surface area contributed by atoms with Crippen molar-refractivity contribution in [2.45, 2.75) is 43.9 Å². The van der Waals surface area contributed by atoms with Gasteiger partial charge in [0, 0.05) is 12.1 Å². The van der Waals surface area contributed by atoms with Crippen LogP contribution in [0.25, 0.3) is 0 Å². The van der Waals surface area contributed by atoms with Crippen LogP contribution in [0.5, 0.6) is 0 Å². The molecule has 0 bridgehead atoms. The highest BCUT2D eigenvalue weighted by molar-refractivity contribution is 5.53. The van der Waals surface area contributed by atoms with Gasteiger partial charge < -0.3 is 11.1 Å². The molecule has 3 rings (SSSR count). The molecule has 0 aliphatic heterocycles. The number of rotatable bonds is 2. The number of pyridine rings is 1. The van der Waals surface area contributed by atoms with E-state index in [2.05, 4.69) is 10.3 Å². The number of alkyl halides is 3. The van der Waals surface area contributed by atoms with E-state index in [0.29, 0.717) is 6.04 Å². The lowest BCUT2D eigenvalue weighted by Gasteiger charge is -2.10. The van der Waals surface area contributed by atoms with Crippen molar-refractivity contribution in [2.24, 2.45) is 5.73 Å². The average Bonchev–Trinajstić information content (AvgIpc) is 3.28. The molecular formula is C13H15F3N4. The van der Waals surface area contributed by atoms with Crippen molar-refractivity contribution in [1.82, 2.24) is 4.98 Å². The van der Waals surface area contributed by atoms with Gasteiger partial charge >= 0.3 is 6.18 Å². The summed E-state index contributed by atoms with van der Waals surface area (Å²) in [5.74, 6) is 0.0276. The molecule has 1 heterocycles. The topological polar surface area (TPSA) is 74.7 Å². The third-order valence-corrected chi connectivity index (χ3v) is 2.85. The van der Waals surface area contributed by atoms with Gasteiger partial charge in [-0.1, -0.05) is 0 Å². The van der Waals surface area contributed by atoms with Crippen molar-refractivity contribution in [1.29, 1.82) is 5.26 Å². The maximum Gasteiger partial charge on any atom is 0.433 e. The fraction of sp³-hybridized carbons (Fsp3) is 0.538. The zero-order chi connectivity index (χ0) is 14.8. The average molecular weight is 284 g/mol. The van der Waals surface area contributed by atoms with Crippen LogP contribution in [0.2, 0.25) is 0 Å². The molecule has 1 aromatic rings. The zero-order valence-corrected chi connectivity index (χ0v) is 10.7. The van der Waals surface area contributed by atoms with Gasteiger partial charge in [-0.3, -0.25) is 0 Å². The third kappa shape index (κ3) is 4.38. The van der Waals surface area contributed by atoms with E-state index < -0.39 is 11.9 Å². The normalized spacial score (nSPS) is 17.8. The van der Waals surface area contributed by atoms with Crippen LogP contribution in [0.1, 0.15) is 36.9 Å². The first-order valence-electron chi connectivity index (χ1n) is 6.40. The number of nitrogens with zero attached hydrogens (tertiary/aromatic N) is 2. The Morgan fingerprint density at radius 2 is 1.85 bits per heavy atom. The molecule has 0 saturated heterocycles. The summed E-state index contributed by atoms with van der Waals surface area (Å²) >= 11 is 0. The van der Waals surface area contributed by atoms with Gasteiger partial charge in [-0.05, 0) is 37.8 Å². The van der Waals surface area contributed by atoms with Gasteiger partial charge in [0.25, 0.3) is 0 Å². The molecule has 1 aromatic heterocycles. The first-order chi connectivity index (χ1) is 9.40. The minimum atomic E-state index is -4.48. The minimum absolute atomic E-state index is 0.0276. The third-order valence-electron chi connectivity index (χ3n) is 2.85. The second kappa shape index (κ2) is 5.67. The van der Waals surface area contributed by atoms with E-state index in [1.165, 1.54) is 12.8 Å². The molecule has 4 nitrogen and oxygen atoms in total. The Bertz CT molecular complexity index is 513. The maximum atomic E-state index is 12.4. The van der Waals surface area contributed by atoms with Crippen LogP contribution in [-0.2, 0) is 6.18 Å². The van der Waals surface area contributed by atoms with Crippen molar-refractivity contribution in [3.63, 3.8) is 0 Å². The van der Waals surface area contributed by atoms with Crippen molar-refractivity contribution < 1.29 is 13.2 Å². The molecule has 2 aliphatic rings. The zero-order valence-electron chi connectivity index (χ0n) is 10.7. The molecule has 108 valence electrons. The molecule has 0 spiro atoms. The predicted molar refractivity (Wildman–Crippen MR) is 67.8 cm³/mol. The van der Waals surface area contributed by atoms with E-state index in [1.807, 2.05) is 6.07 Å². The summed E-state index contributed by atoms with van der Waals surface area (Å²) in [4.78, 5) is 3.44. The summed E-state index contributed by atoms with van der Waals surface area (Å²) in [5, 5.41) is 11.5. The van der Waals surface area contributed by atoms with Crippen molar-refractivity contribution in [3.05, 3.63) is 23.4 Å². The van der Waals surface area contributed by atoms with Gasteiger partial charge in [-0.15, -0.1) is 0 Å². The lowest BCUT2D eigenvalue weighted by atomic mass is 10.2. The summed E-state index contributed by atoms with van der Waals surface area (Å²) in [7, 11) is 0. The quantitative estimate of drug-likeness (QED) is 0.875. The highest BCUT2D eigenvalue weighted by Gasteiger charge is 2.33. The lowest BCUT2D eigenvalue weighted by molar-refractivity contribution is -0.141. The van der Waals surface area contributed by atoms with E-state index in [-0.39, 0.29) is 17.4 Å². The standard InChI is InChI=1S/C10H8F3N3.C3H7N/c11-10(12,13)8-4-1-6(5-14)9(16-8)15-7-2-3-7;4-3-1-2-3/h1,4,7H,2-3H2,(H,15,16);3H,1-2,4H2. The number of anilines is 1. The van der Waals surface area contributed by atoms with Gasteiger partial charge in [-0.2, -0.15) is 18.4 Å². The van der Waals surface area contributed by atoms with E-state index >= 15 is 0 Å². The SMILES string of the molecule is N#Cc1ccc(C(F)(F)F)nc1NC1CC1.NC1CC1. The Kier molecular flexibility index (Phi) is 4.14. The number of halogens is 3. The molecule has 20 heavy (non-hydrogen) atoms. The Balaban J connectivity index is 0.000000315.